The Morgan fingerprint density at radius 2 is 0.846 bits per heavy atom. The van der Waals surface area contributed by atoms with Gasteiger partial charge in [-0.2, -0.15) is 0 Å². The third-order valence-corrected chi connectivity index (χ3v) is 7.60. The van der Waals surface area contributed by atoms with E-state index >= 15 is 0 Å². The maximum atomic E-state index is 9.40. The lowest BCUT2D eigenvalue weighted by Gasteiger charge is -2.25. The first-order chi connectivity index (χ1) is 17.1. The highest BCUT2D eigenvalue weighted by Crippen LogP contribution is 2.18. The van der Waals surface area contributed by atoms with Crippen molar-refractivity contribution in [1.29, 1.82) is 0 Å². The average molecular weight is 571 g/mol. The van der Waals surface area contributed by atoms with Gasteiger partial charge in [0.25, 0.3) is 0 Å². The SMILES string of the molecule is C.CC(C)[C@](C)(O)CO.CCC(CO)C(C)C.CC[C@@H](O)C(C)C.CC[C@H](O)C(C)C.CC[C@](C)(O)C(C)C. The second-order valence-electron chi connectivity index (χ2n) is 12.6. The minimum atomic E-state index is -0.903. The number of hydrogen-bond donors (Lipinski definition) is 6. The van der Waals surface area contributed by atoms with Crippen LogP contribution in [0.2, 0.25) is 0 Å². The fourth-order valence-electron chi connectivity index (χ4n) is 2.34. The number of aliphatic hydroxyl groups excluding tert-OH is 4. The van der Waals surface area contributed by atoms with Gasteiger partial charge in [0, 0.05) is 6.61 Å². The first-order valence-corrected chi connectivity index (χ1v) is 15.1. The van der Waals surface area contributed by atoms with Crippen molar-refractivity contribution in [1.82, 2.24) is 0 Å². The molecule has 0 rings (SSSR count). The predicted molar refractivity (Wildman–Crippen MR) is 173 cm³/mol. The van der Waals surface area contributed by atoms with E-state index in [1.54, 1.807) is 6.92 Å². The highest BCUT2D eigenvalue weighted by Gasteiger charge is 2.23. The molecule has 0 bridgehead atoms. The van der Waals surface area contributed by atoms with Crippen LogP contribution in [0, 0.1) is 35.5 Å². The second-order valence-corrected chi connectivity index (χ2v) is 12.6. The zero-order valence-corrected chi connectivity index (χ0v) is 28.5. The van der Waals surface area contributed by atoms with E-state index in [9.17, 15) is 5.11 Å². The van der Waals surface area contributed by atoms with Gasteiger partial charge in [0.05, 0.1) is 30.0 Å². The van der Waals surface area contributed by atoms with Crippen LogP contribution in [-0.4, -0.2) is 67.3 Å². The monoisotopic (exact) mass is 571 g/mol. The summed E-state index contributed by atoms with van der Waals surface area (Å²) in [6.45, 7) is 31.9. The van der Waals surface area contributed by atoms with E-state index in [4.69, 9.17) is 25.5 Å². The minimum absolute atomic E-state index is 0. The molecule has 0 aromatic carbocycles. The van der Waals surface area contributed by atoms with Crippen LogP contribution >= 0.6 is 0 Å². The van der Waals surface area contributed by atoms with E-state index in [-0.39, 0.29) is 32.2 Å². The molecule has 6 N–H and O–H groups in total. The summed E-state index contributed by atoms with van der Waals surface area (Å²) in [5, 5.41) is 53.6. The Morgan fingerprint density at radius 3 is 0.846 bits per heavy atom. The molecular weight excluding hydrogens is 492 g/mol. The molecule has 246 valence electrons. The smallest absolute Gasteiger partial charge is 0.0872 e. The molecule has 0 saturated heterocycles. The van der Waals surface area contributed by atoms with Crippen molar-refractivity contribution in [2.24, 2.45) is 35.5 Å². The first-order valence-electron chi connectivity index (χ1n) is 15.1. The molecule has 0 fully saturated rings. The summed E-state index contributed by atoms with van der Waals surface area (Å²) in [6.07, 6.45) is 3.48. The van der Waals surface area contributed by atoms with E-state index in [2.05, 4.69) is 20.8 Å². The van der Waals surface area contributed by atoms with Gasteiger partial charge in [0.2, 0.25) is 0 Å². The van der Waals surface area contributed by atoms with E-state index in [0.29, 0.717) is 36.2 Å². The van der Waals surface area contributed by atoms with Gasteiger partial charge in [-0.05, 0) is 68.6 Å². The summed E-state index contributed by atoms with van der Waals surface area (Å²) in [5.41, 5.74) is -1.36. The third kappa shape index (κ3) is 33.9. The molecule has 5 atom stereocenters. The van der Waals surface area contributed by atoms with Crippen LogP contribution in [0.3, 0.4) is 0 Å². The lowest BCUT2D eigenvalue weighted by atomic mass is 9.90. The lowest BCUT2D eigenvalue weighted by molar-refractivity contribution is -0.0350. The molecule has 0 saturated carbocycles. The fourth-order valence-corrected chi connectivity index (χ4v) is 2.34. The van der Waals surface area contributed by atoms with Crippen molar-refractivity contribution in [3.05, 3.63) is 0 Å². The van der Waals surface area contributed by atoms with Crippen molar-refractivity contribution in [2.75, 3.05) is 13.2 Å². The molecule has 0 aliphatic heterocycles. The van der Waals surface area contributed by atoms with Gasteiger partial charge < -0.3 is 30.6 Å². The summed E-state index contributed by atoms with van der Waals surface area (Å²) in [7, 11) is 0. The molecule has 0 heterocycles. The fraction of sp³-hybridized carbons (Fsp3) is 1.00. The Hall–Kier alpha value is -0.240. The van der Waals surface area contributed by atoms with Crippen LogP contribution in [0.15, 0.2) is 0 Å². The Labute approximate surface area is 246 Å². The number of rotatable bonds is 11. The molecule has 0 aromatic heterocycles. The van der Waals surface area contributed by atoms with Crippen molar-refractivity contribution in [3.63, 3.8) is 0 Å². The Kier molecular flexibility index (Phi) is 38.6. The van der Waals surface area contributed by atoms with Gasteiger partial charge in [-0.3, -0.25) is 0 Å². The van der Waals surface area contributed by atoms with Gasteiger partial charge in [-0.1, -0.05) is 111 Å². The predicted octanol–water partition coefficient (Wildman–Crippen LogP) is 7.31. The molecule has 0 spiro atoms. The van der Waals surface area contributed by atoms with E-state index in [1.807, 2.05) is 83.1 Å². The lowest BCUT2D eigenvalue weighted by Crippen LogP contribution is -2.34. The van der Waals surface area contributed by atoms with Gasteiger partial charge in [0.1, 0.15) is 0 Å². The zero-order chi connectivity index (χ0) is 31.9. The quantitative estimate of drug-likeness (QED) is 0.155. The number of aliphatic hydroxyl groups is 6. The van der Waals surface area contributed by atoms with Crippen LogP contribution in [-0.2, 0) is 0 Å². The van der Waals surface area contributed by atoms with Crippen LogP contribution in [0.1, 0.15) is 144 Å². The number of hydrogen-bond acceptors (Lipinski definition) is 6. The zero-order valence-electron chi connectivity index (χ0n) is 28.5. The topological polar surface area (TPSA) is 121 Å². The van der Waals surface area contributed by atoms with Crippen LogP contribution in [0.4, 0.5) is 0 Å². The molecule has 0 radical (unpaired) electrons. The van der Waals surface area contributed by atoms with Crippen LogP contribution in [0.25, 0.3) is 0 Å². The van der Waals surface area contributed by atoms with Gasteiger partial charge in [-0.15, -0.1) is 0 Å². The highest BCUT2D eigenvalue weighted by molar-refractivity contribution is 4.74. The standard InChI is InChI=1S/2C7H16O.C6H14O2.2C6H14O.CH4/c1-5-7(4,8)6(2)3;1-4-7(5-8)6(2)3;1-5(2)6(3,8)4-7;2*1-4-6(7)5(2)3;/h6,8H,5H2,1-4H3;6-8H,4-5H2,1-3H3;5,7-8H,4H2,1-3H3;2*5-7H,4H2,1-3H3;1H4/t7-;;3*6-;/m0.110./s1. The van der Waals surface area contributed by atoms with Crippen molar-refractivity contribution < 1.29 is 30.6 Å². The van der Waals surface area contributed by atoms with Gasteiger partial charge in [0.15, 0.2) is 0 Å². The second kappa shape index (κ2) is 29.3. The summed E-state index contributed by atoms with van der Waals surface area (Å²) in [5.74, 6) is 2.47. The van der Waals surface area contributed by atoms with E-state index < -0.39 is 11.2 Å². The molecule has 0 aromatic rings. The maximum Gasteiger partial charge on any atom is 0.0872 e. The summed E-state index contributed by atoms with van der Waals surface area (Å²) in [4.78, 5) is 0. The molecule has 0 aliphatic carbocycles. The first kappa shape index (κ1) is 51.5. The van der Waals surface area contributed by atoms with E-state index in [1.165, 1.54) is 0 Å². The van der Waals surface area contributed by atoms with Crippen molar-refractivity contribution in [3.8, 4) is 0 Å². The molecule has 6 nitrogen and oxygen atoms in total. The van der Waals surface area contributed by atoms with Gasteiger partial charge in [-0.25, -0.2) is 0 Å². The molecule has 0 amide bonds. The largest absolute Gasteiger partial charge is 0.396 e. The maximum absolute atomic E-state index is 9.40. The summed E-state index contributed by atoms with van der Waals surface area (Å²) < 4.78 is 0. The molecular formula is C33H78O6. The summed E-state index contributed by atoms with van der Waals surface area (Å²) in [6, 6.07) is 0. The van der Waals surface area contributed by atoms with Crippen LogP contribution < -0.4 is 0 Å². The normalized spacial score (nSPS) is 16.1. The Bertz CT molecular complexity index is 421. The van der Waals surface area contributed by atoms with Crippen molar-refractivity contribution >= 4 is 0 Å². The minimum Gasteiger partial charge on any atom is -0.396 e. The van der Waals surface area contributed by atoms with Crippen molar-refractivity contribution in [2.45, 2.75) is 167 Å². The summed E-state index contributed by atoms with van der Waals surface area (Å²) >= 11 is 0. The molecule has 6 heteroatoms. The third-order valence-electron chi connectivity index (χ3n) is 7.60. The highest BCUT2D eigenvalue weighted by atomic mass is 16.3. The Balaban J connectivity index is -0.0000000868. The Morgan fingerprint density at radius 1 is 0.538 bits per heavy atom. The van der Waals surface area contributed by atoms with Crippen LogP contribution in [0.5, 0.6) is 0 Å². The molecule has 39 heavy (non-hydrogen) atoms. The van der Waals surface area contributed by atoms with Gasteiger partial charge >= 0.3 is 0 Å². The molecule has 0 aliphatic rings. The average Bonchev–Trinajstić information content (AvgIpc) is 2.84. The molecule has 1 unspecified atom stereocenters. The van der Waals surface area contributed by atoms with E-state index in [0.717, 1.165) is 25.7 Å².